The first-order chi connectivity index (χ1) is 7.60. The van der Waals surface area contributed by atoms with Crippen LogP contribution in [0.1, 0.15) is 71.6 Å². The Hall–Kier alpha value is -0.265. The maximum absolute atomic E-state index is 12.3. The smallest absolute Gasteiger partial charge is 0.144 e. The van der Waals surface area contributed by atoms with Gasteiger partial charge in [-0.25, -0.2) is 0 Å². The highest BCUT2D eigenvalue weighted by atomic mass is 16.1. The summed E-state index contributed by atoms with van der Waals surface area (Å²) in [6, 6.07) is 0. The summed E-state index contributed by atoms with van der Waals surface area (Å²) in [5, 5.41) is 0.550. The highest BCUT2D eigenvalue weighted by molar-refractivity contribution is 6.51. The van der Waals surface area contributed by atoms with Crippen LogP contribution in [0, 0.1) is 0 Å². The van der Waals surface area contributed by atoms with Gasteiger partial charge in [-0.15, -0.1) is 0 Å². The summed E-state index contributed by atoms with van der Waals surface area (Å²) in [5.74, 6) is 0.558. The lowest BCUT2D eigenvalue weighted by Crippen LogP contribution is -2.33. The fourth-order valence-electron chi connectivity index (χ4n) is 4.20. The molecule has 0 unspecified atom stereocenters. The Morgan fingerprint density at radius 3 is 2.06 bits per heavy atom. The Labute approximate surface area is 101 Å². The average Bonchev–Trinajstić information content (AvgIpc) is 2.55. The molecule has 2 bridgehead atoms. The number of fused-ring (bicyclic) bond motifs is 2. The predicted molar refractivity (Wildman–Crippen MR) is 70.4 cm³/mol. The van der Waals surface area contributed by atoms with Gasteiger partial charge >= 0.3 is 0 Å². The van der Waals surface area contributed by atoms with Crippen LogP contribution in [0.25, 0.3) is 0 Å². The van der Waals surface area contributed by atoms with Crippen LogP contribution in [0.2, 0.25) is 10.6 Å². The molecule has 2 fully saturated rings. The zero-order valence-electron chi connectivity index (χ0n) is 11.0. The van der Waals surface area contributed by atoms with Crippen molar-refractivity contribution in [2.75, 3.05) is 0 Å². The second-order valence-corrected chi connectivity index (χ2v) is 6.46. The fraction of sp³-hybridized carbons (Fsp3) is 0.929. The highest BCUT2D eigenvalue weighted by Gasteiger charge is 2.46. The van der Waals surface area contributed by atoms with Gasteiger partial charge in [0, 0.05) is 11.7 Å². The summed E-state index contributed by atoms with van der Waals surface area (Å²) in [7, 11) is 1.19. The molecule has 1 nitrogen and oxygen atoms in total. The van der Waals surface area contributed by atoms with E-state index in [-0.39, 0.29) is 5.31 Å². The third-order valence-corrected chi connectivity index (χ3v) is 5.05. The molecule has 0 radical (unpaired) electrons. The SMILES string of the molecule is CCC(=O)C12BC(C)(CCCC1)CCCC2. The van der Waals surface area contributed by atoms with Gasteiger partial charge in [0.05, 0.1) is 0 Å². The number of carbonyl (C=O) groups is 1. The van der Waals surface area contributed by atoms with Crippen LogP contribution >= 0.6 is 0 Å². The first-order valence-corrected chi connectivity index (χ1v) is 7.14. The van der Waals surface area contributed by atoms with E-state index in [1.807, 2.05) is 6.92 Å². The van der Waals surface area contributed by atoms with E-state index in [9.17, 15) is 4.79 Å². The largest absolute Gasteiger partial charge is 0.300 e. The second-order valence-electron chi connectivity index (χ2n) is 6.46. The average molecular weight is 220 g/mol. The van der Waals surface area contributed by atoms with Crippen LogP contribution < -0.4 is 0 Å². The molecule has 0 aromatic carbocycles. The van der Waals surface area contributed by atoms with Gasteiger partial charge in [-0.2, -0.15) is 0 Å². The molecule has 90 valence electrons. The number of Topliss-reactive ketones (excluding diaryl/α,β-unsaturated/α-hetero) is 1. The van der Waals surface area contributed by atoms with E-state index >= 15 is 0 Å². The first kappa shape index (κ1) is 12.2. The maximum atomic E-state index is 12.3. The van der Waals surface area contributed by atoms with Crippen molar-refractivity contribution in [2.45, 2.75) is 82.3 Å². The van der Waals surface area contributed by atoms with E-state index < -0.39 is 0 Å². The number of rotatable bonds is 2. The molecule has 0 atom stereocenters. The molecule has 2 heterocycles. The van der Waals surface area contributed by atoms with E-state index in [1.165, 1.54) is 58.6 Å². The lowest BCUT2D eigenvalue weighted by atomic mass is 9.36. The van der Waals surface area contributed by atoms with Crippen molar-refractivity contribution in [3.8, 4) is 0 Å². The molecule has 2 rings (SSSR count). The Kier molecular flexibility index (Phi) is 3.46. The number of carbonyl (C=O) groups excluding carboxylic acids is 1. The van der Waals surface area contributed by atoms with Crippen molar-refractivity contribution in [2.24, 2.45) is 0 Å². The van der Waals surface area contributed by atoms with Crippen LogP contribution in [-0.4, -0.2) is 13.1 Å². The molecule has 0 aliphatic carbocycles. The number of ketones is 1. The molecule has 2 heteroatoms. The molecule has 0 saturated carbocycles. The molecule has 0 amide bonds. The minimum absolute atomic E-state index is 0.0799. The summed E-state index contributed by atoms with van der Waals surface area (Å²) in [6.07, 6.45) is 11.0. The van der Waals surface area contributed by atoms with Gasteiger partial charge < -0.3 is 0 Å². The molecule has 0 aromatic heterocycles. The van der Waals surface area contributed by atoms with Crippen LogP contribution in [0.3, 0.4) is 0 Å². The van der Waals surface area contributed by atoms with Gasteiger partial charge in [-0.05, 0) is 12.8 Å². The molecular weight excluding hydrogens is 195 g/mol. The summed E-state index contributed by atoms with van der Waals surface area (Å²) in [5.41, 5.74) is 0. The standard InChI is InChI=1S/C14H25BO/c1-3-12(16)14-10-6-4-8-13(2,15-14)9-5-7-11-14/h15H,3-11H2,1-2H3. The zero-order chi connectivity index (χ0) is 11.6. The maximum Gasteiger partial charge on any atom is 0.144 e. The molecule has 0 spiro atoms. The number of hydrogen-bond donors (Lipinski definition) is 0. The Bertz CT molecular complexity index is 260. The van der Waals surface area contributed by atoms with Crippen molar-refractivity contribution in [1.82, 2.24) is 0 Å². The topological polar surface area (TPSA) is 17.1 Å². The summed E-state index contributed by atoms with van der Waals surface area (Å²) in [4.78, 5) is 12.3. The van der Waals surface area contributed by atoms with Crippen LogP contribution in [-0.2, 0) is 4.79 Å². The van der Waals surface area contributed by atoms with E-state index in [2.05, 4.69) is 6.92 Å². The molecule has 2 saturated heterocycles. The van der Waals surface area contributed by atoms with E-state index in [0.717, 1.165) is 6.42 Å². The molecule has 0 N–H and O–H groups in total. The van der Waals surface area contributed by atoms with Crippen LogP contribution in [0.5, 0.6) is 0 Å². The highest BCUT2D eigenvalue weighted by Crippen LogP contribution is 2.55. The number of hydrogen-bond acceptors (Lipinski definition) is 1. The Morgan fingerprint density at radius 1 is 1.06 bits per heavy atom. The Morgan fingerprint density at radius 2 is 1.56 bits per heavy atom. The molecule has 0 aromatic rings. The van der Waals surface area contributed by atoms with Gasteiger partial charge in [0.15, 0.2) is 0 Å². The predicted octanol–water partition coefficient (Wildman–Crippen LogP) is 3.89. The zero-order valence-corrected chi connectivity index (χ0v) is 11.0. The Balaban J connectivity index is 2.28. The van der Waals surface area contributed by atoms with Gasteiger partial charge in [0.1, 0.15) is 13.1 Å². The van der Waals surface area contributed by atoms with E-state index in [0.29, 0.717) is 11.1 Å². The molecule has 2 aliphatic rings. The minimum atomic E-state index is 0.0799. The monoisotopic (exact) mass is 220 g/mol. The van der Waals surface area contributed by atoms with Crippen molar-refractivity contribution < 1.29 is 4.79 Å². The van der Waals surface area contributed by atoms with E-state index in [4.69, 9.17) is 0 Å². The molecular formula is C14H25BO. The fourth-order valence-corrected chi connectivity index (χ4v) is 4.20. The van der Waals surface area contributed by atoms with Crippen LogP contribution in [0.4, 0.5) is 0 Å². The molecule has 2 aliphatic heterocycles. The van der Waals surface area contributed by atoms with Crippen LogP contribution in [0.15, 0.2) is 0 Å². The molecule has 16 heavy (non-hydrogen) atoms. The quantitative estimate of drug-likeness (QED) is 0.645. The van der Waals surface area contributed by atoms with Gasteiger partial charge in [-0.3, -0.25) is 4.79 Å². The normalized spacial score (nSPS) is 39.4. The van der Waals surface area contributed by atoms with Crippen molar-refractivity contribution in [3.63, 3.8) is 0 Å². The third-order valence-electron chi connectivity index (χ3n) is 5.05. The summed E-state index contributed by atoms with van der Waals surface area (Å²) in [6.45, 7) is 4.48. The van der Waals surface area contributed by atoms with Crippen molar-refractivity contribution in [1.29, 1.82) is 0 Å². The van der Waals surface area contributed by atoms with Gasteiger partial charge in [0.2, 0.25) is 0 Å². The van der Waals surface area contributed by atoms with Crippen molar-refractivity contribution >= 4 is 13.1 Å². The summed E-state index contributed by atoms with van der Waals surface area (Å²) < 4.78 is 0. The van der Waals surface area contributed by atoms with Crippen molar-refractivity contribution in [3.05, 3.63) is 0 Å². The van der Waals surface area contributed by atoms with Gasteiger partial charge in [-0.1, -0.05) is 57.7 Å². The summed E-state index contributed by atoms with van der Waals surface area (Å²) >= 11 is 0. The van der Waals surface area contributed by atoms with Gasteiger partial charge in [0.25, 0.3) is 0 Å². The lowest BCUT2D eigenvalue weighted by molar-refractivity contribution is -0.122. The lowest BCUT2D eigenvalue weighted by Gasteiger charge is -2.35. The first-order valence-electron chi connectivity index (χ1n) is 7.14. The minimum Gasteiger partial charge on any atom is -0.300 e. The van der Waals surface area contributed by atoms with E-state index in [1.54, 1.807) is 0 Å². The third kappa shape index (κ3) is 2.21. The second kappa shape index (κ2) is 4.54.